The number of aromatic hydroxyl groups is 1. The van der Waals surface area contributed by atoms with E-state index in [1.807, 2.05) is 91.8 Å². The Hall–Kier alpha value is -4.81. The lowest BCUT2D eigenvalue weighted by atomic mass is 9.97. The van der Waals surface area contributed by atoms with E-state index >= 15 is 0 Å². The number of ether oxygens (including phenoxy) is 2. The maximum absolute atomic E-state index is 14.7. The zero-order valence-electron chi connectivity index (χ0n) is 45.4. The van der Waals surface area contributed by atoms with Crippen LogP contribution >= 0.6 is 44.2 Å². The van der Waals surface area contributed by atoms with E-state index in [1.165, 1.54) is 39.6 Å². The molecule has 2 aliphatic rings. The summed E-state index contributed by atoms with van der Waals surface area (Å²) < 4.78 is 12.8. The highest BCUT2D eigenvalue weighted by atomic mass is 127. The van der Waals surface area contributed by atoms with Gasteiger partial charge in [0, 0.05) is 50.3 Å². The molecule has 1 unspecified atom stereocenters. The van der Waals surface area contributed by atoms with Crippen LogP contribution in [0.3, 0.4) is 0 Å². The summed E-state index contributed by atoms with van der Waals surface area (Å²) in [6.45, 7) is 20.1. The third-order valence-electron chi connectivity index (χ3n) is 12.4. The van der Waals surface area contributed by atoms with Crippen molar-refractivity contribution in [3.05, 3.63) is 57.2 Å². The number of likely N-dealkylation sites (N-methyl/N-ethyl adjacent to an activating group) is 1. The molecule has 8 N–H and O–H groups in total. The summed E-state index contributed by atoms with van der Waals surface area (Å²) in [6, 6.07) is 5.01. The number of halogens is 1. The second kappa shape index (κ2) is 28.5. The van der Waals surface area contributed by atoms with E-state index in [2.05, 4.69) is 37.2 Å². The van der Waals surface area contributed by atoms with Gasteiger partial charge in [-0.2, -0.15) is 0 Å². The molecule has 2 aliphatic heterocycles. The fraction of sp³-hybridized carbons (Fsp3) is 0.623. The number of phenols is 1. The molecule has 22 heteroatoms. The number of fused-ring (bicyclic) bond motifs is 1. The van der Waals surface area contributed by atoms with Crippen LogP contribution in [0.4, 0.5) is 0 Å². The summed E-state index contributed by atoms with van der Waals surface area (Å²) in [7, 11) is 3.97. The predicted octanol–water partition coefficient (Wildman–Crippen LogP) is 4.15. The maximum atomic E-state index is 14.7. The van der Waals surface area contributed by atoms with Gasteiger partial charge in [-0.1, -0.05) is 80.8 Å². The molecule has 0 radical (unpaired) electrons. The molecular formula is C53H79IN8O11S2. The van der Waals surface area contributed by atoms with Crippen molar-refractivity contribution in [1.29, 1.82) is 0 Å². The SMILES string of the molecule is CCC(C)[C@H](NC(=O)[C@H](Cc1ccc(OC(C)(C)C)cc1)NC(=O)[C@@H]1CSSC[C@H](C)C(=O)N2C[C@H](OC(C)(C)C)C[C@H]2C(=O)N[C@@H](Cc2ccc(O)c(I)c2)C(=O)NCC(=O)N[C@@H](CC(C)C)C(=O)N1)C(=O)NC. The number of carbonyl (C=O) groups is 8. The standard InChI is InChI=1S/C53H79IN8O11S2/c1-13-30(4)44(50(70)55-12)61-47(67)39(22-32-14-17-34(18-15-32)72-52(6,7)8)58-48(68)40-28-75-74-27-31(5)51(71)62-26-35(73-53(9,10)11)24-41(62)49(69)59-38(23-33-16-19-42(63)36(54)21-33)45(65)56-25-43(64)57-37(20-29(2)3)46(66)60-40/h14-19,21,29-31,35,37-41,44,63H,13,20,22-28H2,1-12H3,(H,55,70)(H,56,65)(H,57,64)(H,58,68)(H,59,69)(H,60,66)(H,61,67)/t30?,31-,35+,37-,38-,39-,40-,41-,44-/m0/s1. The van der Waals surface area contributed by atoms with E-state index in [0.29, 0.717) is 26.9 Å². The van der Waals surface area contributed by atoms with Crippen LogP contribution in [-0.2, 0) is 55.9 Å². The van der Waals surface area contributed by atoms with Crippen molar-refractivity contribution < 1.29 is 52.9 Å². The first kappa shape index (κ1) is 62.7. The van der Waals surface area contributed by atoms with Crippen molar-refractivity contribution in [2.24, 2.45) is 17.8 Å². The molecule has 9 atom stereocenters. The molecule has 0 saturated carbocycles. The first-order chi connectivity index (χ1) is 35.1. The minimum Gasteiger partial charge on any atom is -0.507 e. The highest BCUT2D eigenvalue weighted by Crippen LogP contribution is 2.31. The highest BCUT2D eigenvalue weighted by molar-refractivity contribution is 14.1. The maximum Gasteiger partial charge on any atom is 0.244 e. The number of hydrogen-bond acceptors (Lipinski definition) is 13. The Morgan fingerprint density at radius 1 is 0.840 bits per heavy atom. The Labute approximate surface area is 463 Å². The quantitative estimate of drug-likeness (QED) is 0.0922. The van der Waals surface area contributed by atoms with Crippen LogP contribution in [0.1, 0.15) is 107 Å². The number of carbonyl (C=O) groups excluding carboxylic acids is 8. The van der Waals surface area contributed by atoms with Crippen molar-refractivity contribution in [3.63, 3.8) is 0 Å². The van der Waals surface area contributed by atoms with Gasteiger partial charge in [0.25, 0.3) is 0 Å². The van der Waals surface area contributed by atoms with E-state index in [0.717, 1.165) is 0 Å². The van der Waals surface area contributed by atoms with Gasteiger partial charge in [0.1, 0.15) is 53.4 Å². The second-order valence-electron chi connectivity index (χ2n) is 21.8. The lowest BCUT2D eigenvalue weighted by molar-refractivity contribution is -0.141. The molecule has 75 heavy (non-hydrogen) atoms. The molecule has 2 heterocycles. The van der Waals surface area contributed by atoms with E-state index in [9.17, 15) is 43.5 Å². The van der Waals surface area contributed by atoms with Crippen LogP contribution in [0.5, 0.6) is 11.5 Å². The Kier molecular flexibility index (Phi) is 23.9. The molecule has 2 aromatic carbocycles. The Balaban J connectivity index is 1.71. The topological polar surface area (TPSA) is 263 Å². The molecule has 0 aliphatic carbocycles. The molecule has 2 aromatic rings. The van der Waals surface area contributed by atoms with Gasteiger partial charge in [0.15, 0.2) is 0 Å². The number of benzene rings is 2. The zero-order valence-corrected chi connectivity index (χ0v) is 49.1. The van der Waals surface area contributed by atoms with Gasteiger partial charge in [-0.3, -0.25) is 38.4 Å². The molecule has 0 bridgehead atoms. The summed E-state index contributed by atoms with van der Waals surface area (Å²) in [4.78, 5) is 114. The highest BCUT2D eigenvalue weighted by Gasteiger charge is 2.44. The van der Waals surface area contributed by atoms with E-state index in [-0.39, 0.29) is 67.2 Å². The average Bonchev–Trinajstić information content (AvgIpc) is 3.74. The molecule has 0 spiro atoms. The van der Waals surface area contributed by atoms with Gasteiger partial charge in [0.05, 0.1) is 21.8 Å². The van der Waals surface area contributed by atoms with Gasteiger partial charge in [-0.15, -0.1) is 0 Å². The third kappa shape index (κ3) is 20.3. The monoisotopic (exact) mass is 1190 g/mol. The van der Waals surface area contributed by atoms with E-state index < -0.39 is 107 Å². The second-order valence-corrected chi connectivity index (χ2v) is 25.5. The van der Waals surface area contributed by atoms with Crippen LogP contribution < -0.4 is 42.0 Å². The van der Waals surface area contributed by atoms with Crippen molar-refractivity contribution >= 4 is 91.4 Å². The van der Waals surface area contributed by atoms with Crippen LogP contribution in [0.2, 0.25) is 0 Å². The van der Waals surface area contributed by atoms with Crippen molar-refractivity contribution in [2.45, 2.75) is 162 Å². The molecule has 19 nitrogen and oxygen atoms in total. The van der Waals surface area contributed by atoms with Gasteiger partial charge >= 0.3 is 0 Å². The minimum absolute atomic E-state index is 0.000543. The number of hydrogen-bond donors (Lipinski definition) is 8. The van der Waals surface area contributed by atoms with Crippen molar-refractivity contribution in [1.82, 2.24) is 42.1 Å². The van der Waals surface area contributed by atoms with Gasteiger partial charge in [0.2, 0.25) is 47.3 Å². The lowest BCUT2D eigenvalue weighted by Crippen LogP contribution is -2.60. The number of nitrogens with zero attached hydrogens (tertiary/aromatic N) is 1. The first-order valence-electron chi connectivity index (χ1n) is 25.6. The summed E-state index contributed by atoms with van der Waals surface area (Å²) in [6.07, 6.45) is 0.339. The van der Waals surface area contributed by atoms with Gasteiger partial charge < -0.3 is 56.7 Å². The molecular weight excluding hydrogens is 1120 g/mol. The van der Waals surface area contributed by atoms with Gasteiger partial charge in [-0.05, 0) is 118 Å². The summed E-state index contributed by atoms with van der Waals surface area (Å²) in [5, 5.41) is 29.5. The van der Waals surface area contributed by atoms with Gasteiger partial charge in [-0.25, -0.2) is 0 Å². The number of amides is 8. The minimum atomic E-state index is -1.29. The van der Waals surface area contributed by atoms with Crippen molar-refractivity contribution in [2.75, 3.05) is 31.6 Å². The fourth-order valence-electron chi connectivity index (χ4n) is 8.46. The fourth-order valence-corrected chi connectivity index (χ4v) is 11.5. The molecule has 0 aromatic heterocycles. The van der Waals surface area contributed by atoms with Crippen LogP contribution in [-0.4, -0.2) is 142 Å². The Morgan fingerprint density at radius 2 is 1.49 bits per heavy atom. The van der Waals surface area contributed by atoms with Crippen molar-refractivity contribution in [3.8, 4) is 11.5 Å². The summed E-state index contributed by atoms with van der Waals surface area (Å²) in [5.41, 5.74) is 0.205. The molecule has 4 rings (SSSR count). The summed E-state index contributed by atoms with van der Waals surface area (Å²) >= 11 is 1.96. The van der Waals surface area contributed by atoms with Crippen LogP contribution in [0.15, 0.2) is 42.5 Å². The Morgan fingerprint density at radius 3 is 2.09 bits per heavy atom. The molecule has 2 fully saturated rings. The zero-order chi connectivity index (χ0) is 55.9. The molecule has 8 amide bonds. The Bertz CT molecular complexity index is 2330. The van der Waals surface area contributed by atoms with Crippen LogP contribution in [0, 0.1) is 21.3 Å². The number of nitrogens with one attached hydrogen (secondary N) is 7. The normalized spacial score (nSPS) is 23.1. The molecule has 2 saturated heterocycles. The van der Waals surface area contributed by atoms with Crippen LogP contribution in [0.25, 0.3) is 0 Å². The number of rotatable bonds is 15. The average molecular weight is 1200 g/mol. The van der Waals surface area contributed by atoms with E-state index in [4.69, 9.17) is 9.47 Å². The molecule has 416 valence electrons. The largest absolute Gasteiger partial charge is 0.507 e. The lowest BCUT2D eigenvalue weighted by Gasteiger charge is -2.29. The summed E-state index contributed by atoms with van der Waals surface area (Å²) in [5.74, 6) is -5.01. The predicted molar refractivity (Wildman–Crippen MR) is 300 cm³/mol. The third-order valence-corrected chi connectivity index (χ3v) is 15.8. The van der Waals surface area contributed by atoms with E-state index in [1.54, 1.807) is 43.3 Å². The first-order valence-corrected chi connectivity index (χ1v) is 29.1. The smallest absolute Gasteiger partial charge is 0.244 e. The number of phenolic OH excluding ortho intramolecular Hbond substituents is 1.